The molecule has 2 aliphatic rings. The van der Waals surface area contributed by atoms with Gasteiger partial charge in [-0.05, 0) is 26.0 Å². The Morgan fingerprint density at radius 2 is 2.36 bits per heavy atom. The minimum Gasteiger partial charge on any atom is -0.493 e. The molecule has 1 saturated heterocycles. The van der Waals surface area contributed by atoms with Gasteiger partial charge in [-0.1, -0.05) is 17.3 Å². The largest absolute Gasteiger partial charge is 0.493 e. The predicted molar refractivity (Wildman–Crippen MR) is 86.5 cm³/mol. The lowest BCUT2D eigenvalue weighted by Crippen LogP contribution is -2.34. The number of benzene rings is 1. The van der Waals surface area contributed by atoms with E-state index >= 15 is 0 Å². The van der Waals surface area contributed by atoms with E-state index < -0.39 is 0 Å². The maximum Gasteiger partial charge on any atom is 0.325 e. The van der Waals surface area contributed by atoms with E-state index in [9.17, 15) is 4.79 Å². The molecule has 2 aliphatic heterocycles. The van der Waals surface area contributed by atoms with Gasteiger partial charge in [0.05, 0.1) is 22.9 Å². The fourth-order valence-corrected chi connectivity index (χ4v) is 4.03. The summed E-state index contributed by atoms with van der Waals surface area (Å²) in [5.41, 5.74) is 2.09. The Morgan fingerprint density at radius 3 is 3.18 bits per heavy atom. The fraction of sp³-hybridized carbons (Fsp3) is 0.375. The van der Waals surface area contributed by atoms with Gasteiger partial charge in [0.25, 0.3) is 0 Å². The molecule has 0 radical (unpaired) electrons. The van der Waals surface area contributed by atoms with Crippen molar-refractivity contribution < 1.29 is 9.53 Å². The third kappa shape index (κ3) is 1.86. The number of carbonyl (C=O) groups excluding carboxylic acids is 1. The molecule has 1 aromatic carbocycles. The quantitative estimate of drug-likeness (QED) is 0.823. The van der Waals surface area contributed by atoms with Crippen molar-refractivity contribution in [2.75, 3.05) is 11.5 Å². The molecule has 6 heteroatoms. The lowest BCUT2D eigenvalue weighted by atomic mass is 10.1. The van der Waals surface area contributed by atoms with Gasteiger partial charge < -0.3 is 10.1 Å². The molecule has 22 heavy (non-hydrogen) atoms. The summed E-state index contributed by atoms with van der Waals surface area (Å²) in [6.45, 7) is 4.45. The number of ether oxygens (including phenoxy) is 1. The van der Waals surface area contributed by atoms with Crippen molar-refractivity contribution in [2.45, 2.75) is 32.4 Å². The van der Waals surface area contributed by atoms with Crippen LogP contribution in [0, 0.1) is 11.8 Å². The van der Waals surface area contributed by atoms with Gasteiger partial charge in [-0.15, -0.1) is 5.92 Å². The van der Waals surface area contributed by atoms with E-state index in [0.29, 0.717) is 11.7 Å². The van der Waals surface area contributed by atoms with Crippen LogP contribution < -0.4 is 15.0 Å². The molecule has 1 fully saturated rings. The van der Waals surface area contributed by atoms with Gasteiger partial charge in [0.15, 0.2) is 5.13 Å². The highest BCUT2D eigenvalue weighted by atomic mass is 32.1. The van der Waals surface area contributed by atoms with Crippen molar-refractivity contribution >= 4 is 32.7 Å². The van der Waals surface area contributed by atoms with Crippen molar-refractivity contribution in [1.82, 2.24) is 10.3 Å². The van der Waals surface area contributed by atoms with E-state index in [1.807, 2.05) is 19.1 Å². The molecule has 0 unspecified atom stereocenters. The number of aromatic nitrogens is 1. The normalized spacial score (nSPS) is 23.0. The Morgan fingerprint density at radius 1 is 1.50 bits per heavy atom. The lowest BCUT2D eigenvalue weighted by Gasteiger charge is -2.17. The number of rotatable bonds is 1. The van der Waals surface area contributed by atoms with E-state index in [4.69, 9.17) is 9.72 Å². The molecule has 0 aliphatic carbocycles. The molecule has 2 atom stereocenters. The number of thiazole rings is 1. The number of hydrogen-bond donors (Lipinski definition) is 1. The summed E-state index contributed by atoms with van der Waals surface area (Å²) >= 11 is 1.53. The van der Waals surface area contributed by atoms with Crippen LogP contribution in [-0.4, -0.2) is 29.7 Å². The second-order valence-electron chi connectivity index (χ2n) is 5.43. The zero-order valence-electron chi connectivity index (χ0n) is 12.3. The van der Waals surface area contributed by atoms with Crippen LogP contribution in [0.4, 0.5) is 9.93 Å². The molecular weight excluding hydrogens is 298 g/mol. The second kappa shape index (κ2) is 4.89. The molecule has 4 rings (SSSR count). The summed E-state index contributed by atoms with van der Waals surface area (Å²) in [5, 5.41) is 3.62. The molecule has 2 aromatic rings. The molecule has 0 spiro atoms. The highest BCUT2D eigenvalue weighted by molar-refractivity contribution is 7.22. The van der Waals surface area contributed by atoms with Gasteiger partial charge in [0.1, 0.15) is 11.8 Å². The first-order valence-corrected chi connectivity index (χ1v) is 8.08. The number of amides is 2. The van der Waals surface area contributed by atoms with Gasteiger partial charge in [-0.2, -0.15) is 0 Å². The van der Waals surface area contributed by atoms with Gasteiger partial charge in [0, 0.05) is 12.0 Å². The molecular formula is C16H15N3O2S. The first kappa shape index (κ1) is 13.4. The Hall–Kier alpha value is -2.26. The number of nitrogens with zero attached hydrogens (tertiary/aromatic N) is 2. The number of urea groups is 1. The standard InChI is InChI=1S/C16H15N3O2S/c1-3-4-11-9(2)17-15(20)19(11)16-18-14-10-7-8-21-12(10)5-6-13(14)22-16/h5-6,9,11H,7-8H2,1-2H3,(H,17,20)/t9-,11-/m0/s1. The van der Waals surface area contributed by atoms with Crippen molar-refractivity contribution in [3.8, 4) is 17.6 Å². The maximum atomic E-state index is 12.3. The van der Waals surface area contributed by atoms with E-state index in [1.165, 1.54) is 11.3 Å². The molecule has 0 bridgehead atoms. The minimum absolute atomic E-state index is 0.0130. The van der Waals surface area contributed by atoms with Crippen LogP contribution in [0.1, 0.15) is 19.4 Å². The summed E-state index contributed by atoms with van der Waals surface area (Å²) in [5.74, 6) is 6.92. The van der Waals surface area contributed by atoms with Crippen molar-refractivity contribution in [1.29, 1.82) is 0 Å². The van der Waals surface area contributed by atoms with Crippen molar-refractivity contribution in [2.24, 2.45) is 0 Å². The van der Waals surface area contributed by atoms with Crippen LogP contribution in [0.3, 0.4) is 0 Å². The summed E-state index contributed by atoms with van der Waals surface area (Å²) in [7, 11) is 0. The molecule has 112 valence electrons. The average Bonchev–Trinajstić information content (AvgIpc) is 3.16. The lowest BCUT2D eigenvalue weighted by molar-refractivity contribution is 0.251. The zero-order valence-corrected chi connectivity index (χ0v) is 13.2. The average molecular weight is 313 g/mol. The summed E-state index contributed by atoms with van der Waals surface area (Å²) < 4.78 is 6.67. The number of nitrogens with one attached hydrogen (secondary N) is 1. The van der Waals surface area contributed by atoms with Gasteiger partial charge in [-0.25, -0.2) is 9.78 Å². The second-order valence-corrected chi connectivity index (χ2v) is 6.44. The Kier molecular flexibility index (Phi) is 2.98. The van der Waals surface area contributed by atoms with Crippen LogP contribution in [0.2, 0.25) is 0 Å². The maximum absolute atomic E-state index is 12.3. The predicted octanol–water partition coefficient (Wildman–Crippen LogP) is 2.54. The molecule has 0 saturated carbocycles. The molecule has 1 N–H and O–H groups in total. The fourth-order valence-electron chi connectivity index (χ4n) is 3.00. The zero-order chi connectivity index (χ0) is 15.3. The highest BCUT2D eigenvalue weighted by Gasteiger charge is 2.38. The van der Waals surface area contributed by atoms with E-state index in [0.717, 1.165) is 28.0 Å². The summed E-state index contributed by atoms with van der Waals surface area (Å²) in [6.07, 6.45) is 0.872. The van der Waals surface area contributed by atoms with Crippen LogP contribution in [0.25, 0.3) is 10.2 Å². The first-order chi connectivity index (χ1) is 10.7. The van der Waals surface area contributed by atoms with Crippen molar-refractivity contribution in [3.63, 3.8) is 0 Å². The van der Waals surface area contributed by atoms with Crippen LogP contribution in [0.15, 0.2) is 12.1 Å². The molecule has 5 nitrogen and oxygen atoms in total. The smallest absolute Gasteiger partial charge is 0.325 e. The third-order valence-corrected chi connectivity index (χ3v) is 5.06. The Bertz CT molecular complexity index is 833. The van der Waals surface area contributed by atoms with Crippen LogP contribution in [-0.2, 0) is 6.42 Å². The number of hydrogen-bond acceptors (Lipinski definition) is 4. The Labute approximate surface area is 132 Å². The van der Waals surface area contributed by atoms with Gasteiger partial charge in [0.2, 0.25) is 0 Å². The first-order valence-electron chi connectivity index (χ1n) is 7.26. The minimum atomic E-state index is -0.178. The van der Waals surface area contributed by atoms with Crippen molar-refractivity contribution in [3.05, 3.63) is 17.7 Å². The van der Waals surface area contributed by atoms with Gasteiger partial charge >= 0.3 is 6.03 Å². The third-order valence-electron chi connectivity index (χ3n) is 4.04. The topological polar surface area (TPSA) is 54.5 Å². The SMILES string of the molecule is CC#C[C@H]1[C@H](C)NC(=O)N1c1nc2c3c(ccc2s1)OCC3. The highest BCUT2D eigenvalue weighted by Crippen LogP contribution is 2.38. The summed E-state index contributed by atoms with van der Waals surface area (Å²) in [6, 6.07) is 3.68. The number of fused-ring (bicyclic) bond motifs is 3. The van der Waals surface area contributed by atoms with Crippen LogP contribution >= 0.6 is 11.3 Å². The van der Waals surface area contributed by atoms with Crippen LogP contribution in [0.5, 0.6) is 5.75 Å². The number of anilines is 1. The van der Waals surface area contributed by atoms with Gasteiger partial charge in [-0.3, -0.25) is 4.90 Å². The molecule has 3 heterocycles. The number of carbonyl (C=O) groups is 1. The monoisotopic (exact) mass is 313 g/mol. The molecule has 1 aromatic heterocycles. The summed E-state index contributed by atoms with van der Waals surface area (Å²) in [4.78, 5) is 18.7. The van der Waals surface area contributed by atoms with E-state index in [1.54, 1.807) is 11.8 Å². The van der Waals surface area contributed by atoms with E-state index in [-0.39, 0.29) is 18.1 Å². The molecule has 2 amide bonds. The Balaban J connectivity index is 1.83. The van der Waals surface area contributed by atoms with E-state index in [2.05, 4.69) is 17.2 Å².